The van der Waals surface area contributed by atoms with Crippen LogP contribution in [0.5, 0.6) is 0 Å². The molecule has 1 heterocycles. The summed E-state index contributed by atoms with van der Waals surface area (Å²) in [5, 5.41) is 3.34. The molecule has 1 aliphatic heterocycles. The highest BCUT2D eigenvalue weighted by atomic mass is 16.5. The number of amides is 2. The summed E-state index contributed by atoms with van der Waals surface area (Å²) in [4.78, 5) is 36.6. The van der Waals surface area contributed by atoms with Gasteiger partial charge in [0.15, 0.2) is 0 Å². The predicted molar refractivity (Wildman–Crippen MR) is 76.4 cm³/mol. The number of likely N-dealkylation sites (tertiary alicyclic amines) is 1. The fraction of sp³-hybridized carbons (Fsp3) is 0.800. The first-order valence-electron chi connectivity index (χ1n) is 7.74. The van der Waals surface area contributed by atoms with Crippen molar-refractivity contribution in [3.8, 4) is 0 Å². The standard InChI is InChI=1S/C15H24N2O4/c1-3-21-14(20)15(2,16-11-5-6-11)9-4-10-17-12(18)7-8-13(17)19/h11,16H,3-10H2,1-2H3. The van der Waals surface area contributed by atoms with Crippen molar-refractivity contribution in [3.63, 3.8) is 0 Å². The lowest BCUT2D eigenvalue weighted by atomic mass is 9.95. The summed E-state index contributed by atoms with van der Waals surface area (Å²) in [6, 6.07) is 0.384. The van der Waals surface area contributed by atoms with Crippen molar-refractivity contribution in [1.29, 1.82) is 0 Å². The Kier molecular flexibility index (Phi) is 4.98. The first kappa shape index (κ1) is 15.9. The molecular formula is C15H24N2O4. The number of imide groups is 1. The Morgan fingerprint density at radius 3 is 2.48 bits per heavy atom. The summed E-state index contributed by atoms with van der Waals surface area (Å²) < 4.78 is 5.15. The number of carbonyl (C=O) groups excluding carboxylic acids is 3. The second-order valence-corrected chi connectivity index (χ2v) is 6.01. The van der Waals surface area contributed by atoms with Crippen molar-refractivity contribution in [3.05, 3.63) is 0 Å². The summed E-state index contributed by atoms with van der Waals surface area (Å²) in [7, 11) is 0. The first-order valence-corrected chi connectivity index (χ1v) is 7.74. The van der Waals surface area contributed by atoms with Gasteiger partial charge < -0.3 is 4.74 Å². The van der Waals surface area contributed by atoms with Gasteiger partial charge in [-0.1, -0.05) is 0 Å². The van der Waals surface area contributed by atoms with Crippen molar-refractivity contribution < 1.29 is 19.1 Å². The molecule has 1 N–H and O–H groups in total. The highest BCUT2D eigenvalue weighted by Crippen LogP contribution is 2.26. The number of hydrogen-bond acceptors (Lipinski definition) is 5. The van der Waals surface area contributed by atoms with Gasteiger partial charge in [-0.15, -0.1) is 0 Å². The Bertz CT molecular complexity index is 417. The van der Waals surface area contributed by atoms with E-state index in [-0.39, 0.29) is 17.8 Å². The third-order valence-electron chi connectivity index (χ3n) is 4.04. The average Bonchev–Trinajstić information content (AvgIpc) is 3.19. The highest BCUT2D eigenvalue weighted by molar-refractivity contribution is 6.01. The van der Waals surface area contributed by atoms with Crippen LogP contribution in [0.1, 0.15) is 52.4 Å². The van der Waals surface area contributed by atoms with Gasteiger partial charge in [0.2, 0.25) is 11.8 Å². The maximum Gasteiger partial charge on any atom is 0.326 e. The van der Waals surface area contributed by atoms with Crippen molar-refractivity contribution in [2.24, 2.45) is 0 Å². The van der Waals surface area contributed by atoms with Gasteiger partial charge in [-0.2, -0.15) is 0 Å². The van der Waals surface area contributed by atoms with E-state index in [1.54, 1.807) is 6.92 Å². The lowest BCUT2D eigenvalue weighted by Gasteiger charge is -2.29. The lowest BCUT2D eigenvalue weighted by molar-refractivity contribution is -0.151. The Morgan fingerprint density at radius 2 is 1.95 bits per heavy atom. The van der Waals surface area contributed by atoms with Gasteiger partial charge in [0.1, 0.15) is 5.54 Å². The van der Waals surface area contributed by atoms with E-state index in [0.29, 0.717) is 44.9 Å². The molecule has 1 aliphatic carbocycles. The highest BCUT2D eigenvalue weighted by Gasteiger charge is 2.39. The molecule has 118 valence electrons. The maximum atomic E-state index is 12.2. The molecule has 0 bridgehead atoms. The molecule has 0 aromatic heterocycles. The molecule has 0 radical (unpaired) electrons. The van der Waals surface area contributed by atoms with Gasteiger partial charge in [-0.05, 0) is 39.5 Å². The molecule has 1 saturated carbocycles. The molecule has 1 saturated heterocycles. The maximum absolute atomic E-state index is 12.2. The van der Waals surface area contributed by atoms with E-state index < -0.39 is 5.54 Å². The third-order valence-corrected chi connectivity index (χ3v) is 4.04. The van der Waals surface area contributed by atoms with Crippen molar-refractivity contribution >= 4 is 17.8 Å². The van der Waals surface area contributed by atoms with E-state index in [9.17, 15) is 14.4 Å². The van der Waals surface area contributed by atoms with Crippen LogP contribution >= 0.6 is 0 Å². The Morgan fingerprint density at radius 1 is 1.33 bits per heavy atom. The topological polar surface area (TPSA) is 75.7 Å². The van der Waals surface area contributed by atoms with Crippen LogP contribution in [0.25, 0.3) is 0 Å². The van der Waals surface area contributed by atoms with E-state index in [0.717, 1.165) is 12.8 Å². The van der Waals surface area contributed by atoms with E-state index in [2.05, 4.69) is 5.32 Å². The quantitative estimate of drug-likeness (QED) is 0.534. The summed E-state index contributed by atoms with van der Waals surface area (Å²) in [6.07, 6.45) is 3.95. The van der Waals surface area contributed by atoms with Gasteiger partial charge in [0.05, 0.1) is 6.61 Å². The Balaban J connectivity index is 1.87. The molecule has 21 heavy (non-hydrogen) atoms. The van der Waals surface area contributed by atoms with Crippen LogP contribution in [0.3, 0.4) is 0 Å². The molecule has 2 fully saturated rings. The summed E-state index contributed by atoms with van der Waals surface area (Å²) in [6.45, 7) is 4.37. The molecule has 2 rings (SSSR count). The van der Waals surface area contributed by atoms with E-state index in [4.69, 9.17) is 4.74 Å². The van der Waals surface area contributed by atoms with E-state index in [1.165, 1.54) is 4.90 Å². The van der Waals surface area contributed by atoms with Crippen molar-refractivity contribution in [2.75, 3.05) is 13.2 Å². The van der Waals surface area contributed by atoms with Gasteiger partial charge in [0, 0.05) is 25.4 Å². The minimum Gasteiger partial charge on any atom is -0.465 e. The van der Waals surface area contributed by atoms with Crippen molar-refractivity contribution in [2.45, 2.75) is 64.0 Å². The third kappa shape index (κ3) is 4.03. The molecule has 1 unspecified atom stereocenters. The molecule has 2 aliphatic rings. The minimum atomic E-state index is -0.733. The molecule has 6 heteroatoms. The van der Waals surface area contributed by atoms with Gasteiger partial charge in [-0.25, -0.2) is 0 Å². The SMILES string of the molecule is CCOC(=O)C(C)(CCCN1C(=O)CCC1=O)NC1CC1. The summed E-state index contributed by atoms with van der Waals surface area (Å²) in [5.74, 6) is -0.461. The number of nitrogens with zero attached hydrogens (tertiary/aromatic N) is 1. The molecule has 2 amide bonds. The van der Waals surface area contributed by atoms with Crippen molar-refractivity contribution in [1.82, 2.24) is 10.2 Å². The predicted octanol–water partition coefficient (Wildman–Crippen LogP) is 0.989. The lowest BCUT2D eigenvalue weighted by Crippen LogP contribution is -2.52. The Hall–Kier alpha value is -1.43. The zero-order valence-corrected chi connectivity index (χ0v) is 12.8. The minimum absolute atomic E-state index is 0.104. The molecule has 0 aromatic carbocycles. The normalized spacial score (nSPS) is 21.5. The number of carbonyl (C=O) groups is 3. The largest absolute Gasteiger partial charge is 0.465 e. The molecule has 0 spiro atoms. The zero-order valence-electron chi connectivity index (χ0n) is 12.8. The molecule has 1 atom stereocenters. The number of rotatable bonds is 8. The second-order valence-electron chi connectivity index (χ2n) is 6.01. The monoisotopic (exact) mass is 296 g/mol. The van der Waals surface area contributed by atoms with Crippen LogP contribution in [0.2, 0.25) is 0 Å². The summed E-state index contributed by atoms with van der Waals surface area (Å²) in [5.41, 5.74) is -0.733. The van der Waals surface area contributed by atoms with Crippen LogP contribution in [-0.2, 0) is 19.1 Å². The fourth-order valence-corrected chi connectivity index (χ4v) is 2.66. The average molecular weight is 296 g/mol. The van der Waals surface area contributed by atoms with Crippen LogP contribution in [0, 0.1) is 0 Å². The fourth-order valence-electron chi connectivity index (χ4n) is 2.66. The summed E-state index contributed by atoms with van der Waals surface area (Å²) >= 11 is 0. The first-order chi connectivity index (χ1) is 9.96. The smallest absolute Gasteiger partial charge is 0.326 e. The van der Waals surface area contributed by atoms with E-state index in [1.807, 2.05) is 6.92 Å². The number of esters is 1. The van der Waals surface area contributed by atoms with Gasteiger partial charge >= 0.3 is 5.97 Å². The van der Waals surface area contributed by atoms with E-state index >= 15 is 0 Å². The van der Waals surface area contributed by atoms with Crippen LogP contribution in [0.4, 0.5) is 0 Å². The van der Waals surface area contributed by atoms with Gasteiger partial charge in [0.25, 0.3) is 0 Å². The molecule has 0 aromatic rings. The Labute approximate surface area is 125 Å². The molecular weight excluding hydrogens is 272 g/mol. The molecule has 6 nitrogen and oxygen atoms in total. The van der Waals surface area contributed by atoms with Crippen LogP contribution in [0.15, 0.2) is 0 Å². The second kappa shape index (κ2) is 6.56. The number of hydrogen-bond donors (Lipinski definition) is 1. The van der Waals surface area contributed by atoms with Crippen LogP contribution < -0.4 is 5.32 Å². The van der Waals surface area contributed by atoms with Gasteiger partial charge in [-0.3, -0.25) is 24.6 Å². The number of nitrogens with one attached hydrogen (secondary N) is 1. The number of ether oxygens (including phenoxy) is 1. The van der Waals surface area contributed by atoms with Crippen LogP contribution in [-0.4, -0.2) is 47.4 Å². The zero-order chi connectivity index (χ0) is 15.5.